The first-order valence-electron chi connectivity index (χ1n) is 7.47. The van der Waals surface area contributed by atoms with Gasteiger partial charge in [-0.1, -0.05) is 59.9 Å². The van der Waals surface area contributed by atoms with Gasteiger partial charge in [0.15, 0.2) is 5.13 Å². The lowest BCUT2D eigenvalue weighted by molar-refractivity contribution is 1.02. The second-order valence-corrected chi connectivity index (χ2v) is 6.19. The summed E-state index contributed by atoms with van der Waals surface area (Å²) in [5, 5.41) is 3.61. The zero-order valence-electron chi connectivity index (χ0n) is 12.4. The normalized spacial score (nSPS) is 11.1. The Kier molecular flexibility index (Phi) is 3.28. The third kappa shape index (κ3) is 2.14. The molecule has 0 spiro atoms. The van der Waals surface area contributed by atoms with E-state index in [1.54, 1.807) is 11.3 Å². The van der Waals surface area contributed by atoms with Crippen molar-refractivity contribution in [2.75, 3.05) is 11.4 Å². The highest BCUT2D eigenvalue weighted by molar-refractivity contribution is 7.23. The van der Waals surface area contributed by atoms with E-state index in [4.69, 9.17) is 4.98 Å². The molecule has 4 aromatic rings. The molecular formula is C19H16N2S. The summed E-state index contributed by atoms with van der Waals surface area (Å²) in [4.78, 5) is 7.12. The van der Waals surface area contributed by atoms with E-state index >= 15 is 0 Å². The predicted octanol–water partition coefficient (Wildman–Crippen LogP) is 5.61. The Balaban J connectivity index is 1.90. The number of aromatic nitrogens is 1. The molecule has 0 radical (unpaired) electrons. The summed E-state index contributed by atoms with van der Waals surface area (Å²) in [7, 11) is 0. The van der Waals surface area contributed by atoms with Crippen molar-refractivity contribution in [2.24, 2.45) is 0 Å². The van der Waals surface area contributed by atoms with Crippen molar-refractivity contribution in [3.05, 3.63) is 66.7 Å². The Hall–Kier alpha value is -2.39. The molecule has 0 unspecified atom stereocenters. The fraction of sp³-hybridized carbons (Fsp3) is 0.105. The second kappa shape index (κ2) is 5.43. The SMILES string of the molecule is CCN(c1ccccc1)c1nc2ccc3ccccc3c2s1. The minimum absolute atomic E-state index is 0.905. The van der Waals surface area contributed by atoms with Crippen LogP contribution in [0, 0.1) is 0 Å². The fourth-order valence-corrected chi connectivity index (χ4v) is 3.98. The molecule has 0 atom stereocenters. The van der Waals surface area contributed by atoms with Crippen LogP contribution in [0.4, 0.5) is 10.8 Å². The molecule has 108 valence electrons. The van der Waals surface area contributed by atoms with Crippen LogP contribution >= 0.6 is 11.3 Å². The number of thiazole rings is 1. The smallest absolute Gasteiger partial charge is 0.190 e. The van der Waals surface area contributed by atoms with Gasteiger partial charge in [0.05, 0.1) is 10.2 Å². The number of hydrogen-bond donors (Lipinski definition) is 0. The molecule has 0 aliphatic rings. The largest absolute Gasteiger partial charge is 0.318 e. The Morgan fingerprint density at radius 1 is 0.909 bits per heavy atom. The zero-order chi connectivity index (χ0) is 14.9. The molecule has 0 amide bonds. The van der Waals surface area contributed by atoms with Crippen LogP contribution in [0.25, 0.3) is 21.0 Å². The first kappa shape index (κ1) is 13.3. The number of hydrogen-bond acceptors (Lipinski definition) is 3. The Morgan fingerprint density at radius 2 is 1.68 bits per heavy atom. The number of fused-ring (bicyclic) bond motifs is 3. The molecule has 2 nitrogen and oxygen atoms in total. The molecular weight excluding hydrogens is 288 g/mol. The molecule has 0 saturated heterocycles. The maximum absolute atomic E-state index is 4.85. The average molecular weight is 304 g/mol. The van der Waals surface area contributed by atoms with Gasteiger partial charge < -0.3 is 4.90 Å². The summed E-state index contributed by atoms with van der Waals surface area (Å²) in [6, 6.07) is 23.2. The molecule has 3 heteroatoms. The first-order chi connectivity index (χ1) is 10.9. The second-order valence-electron chi connectivity index (χ2n) is 5.21. The van der Waals surface area contributed by atoms with Gasteiger partial charge >= 0.3 is 0 Å². The maximum atomic E-state index is 4.85. The van der Waals surface area contributed by atoms with Crippen LogP contribution in [0.5, 0.6) is 0 Å². The van der Waals surface area contributed by atoms with Gasteiger partial charge in [0, 0.05) is 17.6 Å². The van der Waals surface area contributed by atoms with Crippen molar-refractivity contribution in [1.82, 2.24) is 4.98 Å². The Morgan fingerprint density at radius 3 is 2.50 bits per heavy atom. The van der Waals surface area contributed by atoms with Gasteiger partial charge in [0.25, 0.3) is 0 Å². The van der Waals surface area contributed by atoms with Crippen molar-refractivity contribution in [2.45, 2.75) is 6.92 Å². The predicted molar refractivity (Wildman–Crippen MR) is 96.2 cm³/mol. The Bertz CT molecular complexity index is 928. The van der Waals surface area contributed by atoms with E-state index in [-0.39, 0.29) is 0 Å². The molecule has 0 aliphatic heterocycles. The molecule has 3 aromatic carbocycles. The van der Waals surface area contributed by atoms with Crippen LogP contribution in [0.2, 0.25) is 0 Å². The lowest BCUT2D eigenvalue weighted by atomic mass is 10.1. The maximum Gasteiger partial charge on any atom is 0.190 e. The number of para-hydroxylation sites is 1. The molecule has 0 bridgehead atoms. The quantitative estimate of drug-likeness (QED) is 0.489. The number of nitrogens with zero attached hydrogens (tertiary/aromatic N) is 2. The number of anilines is 2. The molecule has 1 aromatic heterocycles. The van der Waals surface area contributed by atoms with Crippen molar-refractivity contribution in [3.63, 3.8) is 0 Å². The topological polar surface area (TPSA) is 16.1 Å². The molecule has 4 rings (SSSR count). The van der Waals surface area contributed by atoms with Crippen LogP contribution in [-0.4, -0.2) is 11.5 Å². The van der Waals surface area contributed by atoms with Crippen LogP contribution in [0.15, 0.2) is 66.7 Å². The molecule has 1 heterocycles. The van der Waals surface area contributed by atoms with Crippen molar-refractivity contribution >= 4 is 43.1 Å². The van der Waals surface area contributed by atoms with Gasteiger partial charge in [0.2, 0.25) is 0 Å². The third-order valence-corrected chi connectivity index (χ3v) is 5.01. The van der Waals surface area contributed by atoms with E-state index in [0.717, 1.165) is 17.2 Å². The van der Waals surface area contributed by atoms with Gasteiger partial charge in [-0.05, 0) is 30.5 Å². The average Bonchev–Trinajstić information content (AvgIpc) is 3.01. The van der Waals surface area contributed by atoms with Gasteiger partial charge in [-0.2, -0.15) is 0 Å². The highest BCUT2D eigenvalue weighted by atomic mass is 32.1. The van der Waals surface area contributed by atoms with E-state index in [1.807, 2.05) is 6.07 Å². The van der Waals surface area contributed by atoms with Crippen molar-refractivity contribution in [3.8, 4) is 0 Å². The highest BCUT2D eigenvalue weighted by Gasteiger charge is 2.13. The monoisotopic (exact) mass is 304 g/mol. The summed E-state index contributed by atoms with van der Waals surface area (Å²) in [5.74, 6) is 0. The zero-order valence-corrected chi connectivity index (χ0v) is 13.2. The van der Waals surface area contributed by atoms with E-state index in [0.29, 0.717) is 0 Å². The van der Waals surface area contributed by atoms with Gasteiger partial charge in [-0.25, -0.2) is 4.98 Å². The molecule has 22 heavy (non-hydrogen) atoms. The van der Waals surface area contributed by atoms with E-state index in [1.165, 1.54) is 21.2 Å². The molecule has 0 aliphatic carbocycles. The minimum atomic E-state index is 0.905. The first-order valence-corrected chi connectivity index (χ1v) is 8.29. The standard InChI is InChI=1S/C19H16N2S/c1-2-21(15-9-4-3-5-10-15)19-20-17-13-12-14-8-6-7-11-16(14)18(17)22-19/h3-13H,2H2,1H3. The summed E-state index contributed by atoms with van der Waals surface area (Å²) >= 11 is 1.77. The lowest BCUT2D eigenvalue weighted by Gasteiger charge is -2.19. The summed E-state index contributed by atoms with van der Waals surface area (Å²) < 4.78 is 1.27. The van der Waals surface area contributed by atoms with E-state index in [9.17, 15) is 0 Å². The van der Waals surface area contributed by atoms with Gasteiger partial charge in [-0.3, -0.25) is 0 Å². The molecule has 0 fully saturated rings. The van der Waals surface area contributed by atoms with Gasteiger partial charge in [0.1, 0.15) is 0 Å². The van der Waals surface area contributed by atoms with Crippen molar-refractivity contribution in [1.29, 1.82) is 0 Å². The van der Waals surface area contributed by atoms with E-state index < -0.39 is 0 Å². The number of benzene rings is 3. The molecule has 0 saturated carbocycles. The van der Waals surface area contributed by atoms with Crippen LogP contribution in [-0.2, 0) is 0 Å². The van der Waals surface area contributed by atoms with Crippen LogP contribution in [0.1, 0.15) is 6.92 Å². The fourth-order valence-electron chi connectivity index (χ4n) is 2.80. The van der Waals surface area contributed by atoms with Crippen LogP contribution < -0.4 is 4.90 Å². The number of rotatable bonds is 3. The summed E-state index contributed by atoms with van der Waals surface area (Å²) in [5.41, 5.74) is 2.27. The van der Waals surface area contributed by atoms with Gasteiger partial charge in [-0.15, -0.1) is 0 Å². The van der Waals surface area contributed by atoms with Crippen LogP contribution in [0.3, 0.4) is 0 Å². The summed E-state index contributed by atoms with van der Waals surface area (Å²) in [6.45, 7) is 3.07. The lowest BCUT2D eigenvalue weighted by Crippen LogP contribution is -2.15. The van der Waals surface area contributed by atoms with E-state index in [2.05, 4.69) is 72.5 Å². The molecule has 0 N–H and O–H groups in total. The minimum Gasteiger partial charge on any atom is -0.318 e. The summed E-state index contributed by atoms with van der Waals surface area (Å²) in [6.07, 6.45) is 0. The third-order valence-electron chi connectivity index (χ3n) is 3.88. The Labute approximate surface area is 133 Å². The van der Waals surface area contributed by atoms with Crippen molar-refractivity contribution < 1.29 is 0 Å². The highest BCUT2D eigenvalue weighted by Crippen LogP contribution is 2.36.